The highest BCUT2D eigenvalue weighted by Gasteiger charge is 2.05. The molecule has 1 heteroatoms. The fourth-order valence-electron chi connectivity index (χ4n) is 1.38. The number of hydrogen-bond donors (Lipinski definition) is 0. The van der Waals surface area contributed by atoms with E-state index >= 15 is 0 Å². The largest absolute Gasteiger partial charge is 0.104 e. The first-order chi connectivity index (χ1) is 7.15. The Bertz CT molecular complexity index is 382. The molecule has 0 N–H and O–H groups in total. The molecule has 80 valence electrons. The SMILES string of the molecule is CCC#CCC(C)c1ccc(C)c(Br)c1. The molecule has 1 aromatic carbocycles. The minimum Gasteiger partial charge on any atom is -0.104 e. The smallest absolute Gasteiger partial charge is 0.0207 e. The molecule has 0 radical (unpaired) electrons. The third kappa shape index (κ3) is 3.72. The minimum absolute atomic E-state index is 0.515. The molecule has 0 aliphatic heterocycles. The molecular formula is C14H17Br. The van der Waals surface area contributed by atoms with E-state index in [1.807, 2.05) is 0 Å². The molecule has 0 aliphatic carbocycles. The average molecular weight is 265 g/mol. The van der Waals surface area contributed by atoms with Gasteiger partial charge in [0.1, 0.15) is 0 Å². The van der Waals surface area contributed by atoms with Crippen molar-refractivity contribution in [2.45, 2.75) is 39.5 Å². The molecule has 0 nitrogen and oxygen atoms in total. The van der Waals surface area contributed by atoms with E-state index in [1.54, 1.807) is 0 Å². The third-order valence-corrected chi connectivity index (χ3v) is 3.33. The molecule has 0 aliphatic rings. The number of halogens is 1. The second-order valence-electron chi connectivity index (χ2n) is 3.82. The van der Waals surface area contributed by atoms with E-state index in [-0.39, 0.29) is 0 Å². The Kier molecular flexibility index (Phi) is 4.91. The molecule has 0 amide bonds. The van der Waals surface area contributed by atoms with Crippen LogP contribution in [0.25, 0.3) is 0 Å². The van der Waals surface area contributed by atoms with Crippen molar-refractivity contribution in [2.24, 2.45) is 0 Å². The van der Waals surface area contributed by atoms with Gasteiger partial charge in [0.15, 0.2) is 0 Å². The molecule has 1 aromatic rings. The first-order valence-electron chi connectivity index (χ1n) is 5.37. The van der Waals surface area contributed by atoms with Crippen LogP contribution in [0.2, 0.25) is 0 Å². The lowest BCUT2D eigenvalue weighted by Crippen LogP contribution is -1.92. The summed E-state index contributed by atoms with van der Waals surface area (Å²) >= 11 is 3.56. The van der Waals surface area contributed by atoms with Gasteiger partial charge >= 0.3 is 0 Å². The molecular weight excluding hydrogens is 248 g/mol. The monoisotopic (exact) mass is 264 g/mol. The summed E-state index contributed by atoms with van der Waals surface area (Å²) in [6, 6.07) is 6.55. The summed E-state index contributed by atoms with van der Waals surface area (Å²) in [6.45, 7) is 6.41. The maximum atomic E-state index is 3.56. The van der Waals surface area contributed by atoms with Gasteiger partial charge in [-0.1, -0.05) is 41.9 Å². The summed E-state index contributed by atoms with van der Waals surface area (Å²) in [7, 11) is 0. The molecule has 0 bridgehead atoms. The van der Waals surface area contributed by atoms with E-state index in [0.717, 1.165) is 12.8 Å². The fourth-order valence-corrected chi connectivity index (χ4v) is 1.78. The van der Waals surface area contributed by atoms with Crippen LogP contribution in [0.1, 0.15) is 43.7 Å². The molecule has 0 saturated heterocycles. The van der Waals surface area contributed by atoms with Crippen LogP contribution in [0.5, 0.6) is 0 Å². The van der Waals surface area contributed by atoms with Crippen LogP contribution in [-0.2, 0) is 0 Å². The molecule has 0 spiro atoms. The van der Waals surface area contributed by atoms with Gasteiger partial charge in [-0.25, -0.2) is 0 Å². The highest BCUT2D eigenvalue weighted by Crippen LogP contribution is 2.24. The van der Waals surface area contributed by atoms with E-state index in [1.165, 1.54) is 15.6 Å². The third-order valence-electron chi connectivity index (χ3n) is 2.47. The molecule has 1 unspecified atom stereocenters. The van der Waals surface area contributed by atoms with E-state index in [9.17, 15) is 0 Å². The summed E-state index contributed by atoms with van der Waals surface area (Å²) in [5.41, 5.74) is 2.64. The second-order valence-corrected chi connectivity index (χ2v) is 4.68. The zero-order valence-corrected chi connectivity index (χ0v) is 11.2. The van der Waals surface area contributed by atoms with Gasteiger partial charge in [0, 0.05) is 17.3 Å². The molecule has 1 rings (SSSR count). The predicted molar refractivity (Wildman–Crippen MR) is 70.0 cm³/mol. The van der Waals surface area contributed by atoms with Crippen LogP contribution in [0, 0.1) is 18.8 Å². The lowest BCUT2D eigenvalue weighted by Gasteiger charge is -2.09. The van der Waals surface area contributed by atoms with Gasteiger partial charge in [-0.15, -0.1) is 11.8 Å². The van der Waals surface area contributed by atoms with Crippen LogP contribution in [0.4, 0.5) is 0 Å². The zero-order chi connectivity index (χ0) is 11.3. The number of benzene rings is 1. The van der Waals surface area contributed by atoms with Gasteiger partial charge in [0.05, 0.1) is 0 Å². The predicted octanol–water partition coefficient (Wildman–Crippen LogP) is 4.66. The van der Waals surface area contributed by atoms with Crippen LogP contribution >= 0.6 is 15.9 Å². The van der Waals surface area contributed by atoms with Crippen LogP contribution < -0.4 is 0 Å². The average Bonchev–Trinajstić information content (AvgIpc) is 2.22. The van der Waals surface area contributed by atoms with Crippen LogP contribution in [0.3, 0.4) is 0 Å². The Labute approximate surface area is 101 Å². The Hall–Kier alpha value is -0.740. The van der Waals surface area contributed by atoms with Crippen molar-refractivity contribution in [3.05, 3.63) is 33.8 Å². The maximum absolute atomic E-state index is 3.56. The topological polar surface area (TPSA) is 0 Å². The van der Waals surface area contributed by atoms with E-state index in [2.05, 4.69) is 66.7 Å². The van der Waals surface area contributed by atoms with Crippen LogP contribution in [0.15, 0.2) is 22.7 Å². The van der Waals surface area contributed by atoms with Crippen LogP contribution in [-0.4, -0.2) is 0 Å². The Morgan fingerprint density at radius 2 is 2.07 bits per heavy atom. The Morgan fingerprint density at radius 3 is 2.67 bits per heavy atom. The minimum atomic E-state index is 0.515. The van der Waals surface area contributed by atoms with Crippen molar-refractivity contribution in [1.29, 1.82) is 0 Å². The Morgan fingerprint density at radius 1 is 1.33 bits per heavy atom. The summed E-state index contributed by atoms with van der Waals surface area (Å²) < 4.78 is 1.19. The summed E-state index contributed by atoms with van der Waals surface area (Å²) in [5.74, 6) is 6.83. The molecule has 0 saturated carbocycles. The van der Waals surface area contributed by atoms with Crippen molar-refractivity contribution in [1.82, 2.24) is 0 Å². The normalized spacial score (nSPS) is 11.7. The highest BCUT2D eigenvalue weighted by molar-refractivity contribution is 9.10. The number of hydrogen-bond acceptors (Lipinski definition) is 0. The van der Waals surface area contributed by atoms with Gasteiger partial charge in [-0.05, 0) is 30.0 Å². The highest BCUT2D eigenvalue weighted by atomic mass is 79.9. The van der Waals surface area contributed by atoms with E-state index in [0.29, 0.717) is 5.92 Å². The molecule has 0 aromatic heterocycles. The lowest BCUT2D eigenvalue weighted by atomic mass is 9.97. The molecule has 0 heterocycles. The Balaban J connectivity index is 2.73. The maximum Gasteiger partial charge on any atom is 0.0207 e. The van der Waals surface area contributed by atoms with Gasteiger partial charge in [0.2, 0.25) is 0 Å². The van der Waals surface area contributed by atoms with Gasteiger partial charge in [-0.3, -0.25) is 0 Å². The lowest BCUT2D eigenvalue weighted by molar-refractivity contribution is 0.794. The van der Waals surface area contributed by atoms with Gasteiger partial charge < -0.3 is 0 Å². The van der Waals surface area contributed by atoms with E-state index < -0.39 is 0 Å². The van der Waals surface area contributed by atoms with Crippen molar-refractivity contribution in [3.8, 4) is 11.8 Å². The second kappa shape index (κ2) is 5.98. The first kappa shape index (κ1) is 12.3. The van der Waals surface area contributed by atoms with Crippen molar-refractivity contribution < 1.29 is 0 Å². The van der Waals surface area contributed by atoms with Crippen molar-refractivity contribution in [2.75, 3.05) is 0 Å². The summed E-state index contributed by atoms with van der Waals surface area (Å²) in [5, 5.41) is 0. The summed E-state index contributed by atoms with van der Waals surface area (Å²) in [4.78, 5) is 0. The fraction of sp³-hybridized carbons (Fsp3) is 0.429. The van der Waals surface area contributed by atoms with Gasteiger partial charge in [-0.2, -0.15) is 0 Å². The standard InChI is InChI=1S/C14H17Br/c1-4-5-6-7-11(2)13-9-8-12(3)14(15)10-13/h8-11H,4,7H2,1-3H3. The molecule has 15 heavy (non-hydrogen) atoms. The van der Waals surface area contributed by atoms with Crippen molar-refractivity contribution >= 4 is 15.9 Å². The molecule has 0 fully saturated rings. The zero-order valence-electron chi connectivity index (χ0n) is 9.60. The number of aryl methyl sites for hydroxylation is 1. The number of rotatable bonds is 2. The summed E-state index contributed by atoms with van der Waals surface area (Å²) in [6.07, 6.45) is 1.90. The van der Waals surface area contributed by atoms with Gasteiger partial charge in [0.25, 0.3) is 0 Å². The first-order valence-corrected chi connectivity index (χ1v) is 6.16. The molecule has 1 atom stereocenters. The quantitative estimate of drug-likeness (QED) is 0.682. The van der Waals surface area contributed by atoms with Crippen molar-refractivity contribution in [3.63, 3.8) is 0 Å². The van der Waals surface area contributed by atoms with E-state index in [4.69, 9.17) is 0 Å².